The zero-order chi connectivity index (χ0) is 19.3. The van der Waals surface area contributed by atoms with Gasteiger partial charge in [-0.1, -0.05) is 13.0 Å². The van der Waals surface area contributed by atoms with E-state index in [-0.39, 0.29) is 12.1 Å². The molecular weight excluding hydrogens is 330 g/mol. The first-order chi connectivity index (χ1) is 12.3. The molecule has 0 bridgehead atoms. The van der Waals surface area contributed by atoms with Gasteiger partial charge in [0.1, 0.15) is 11.4 Å². The molecule has 1 saturated heterocycles. The quantitative estimate of drug-likeness (QED) is 0.733. The van der Waals surface area contributed by atoms with Crippen molar-refractivity contribution in [2.24, 2.45) is 0 Å². The van der Waals surface area contributed by atoms with Gasteiger partial charge in [-0.25, -0.2) is 9.78 Å². The Hall–Kier alpha value is -2.11. The summed E-state index contributed by atoms with van der Waals surface area (Å²) < 4.78 is 5.64. The first kappa shape index (κ1) is 20.2. The number of pyridine rings is 1. The number of hydrogen-bond acceptors (Lipinski definition) is 4. The van der Waals surface area contributed by atoms with Gasteiger partial charge >= 0.3 is 6.09 Å². The molecule has 0 radical (unpaired) electrons. The van der Waals surface area contributed by atoms with E-state index in [1.807, 2.05) is 51.7 Å². The molecule has 6 nitrogen and oxygen atoms in total. The van der Waals surface area contributed by atoms with Crippen molar-refractivity contribution < 1.29 is 14.3 Å². The molecule has 2 amide bonds. The fourth-order valence-electron chi connectivity index (χ4n) is 3.25. The topological polar surface area (TPSA) is 62.7 Å². The van der Waals surface area contributed by atoms with Gasteiger partial charge in [0.25, 0.3) is 0 Å². The Morgan fingerprint density at radius 3 is 2.81 bits per heavy atom. The maximum absolute atomic E-state index is 12.9. The molecule has 1 aliphatic rings. The number of rotatable bonds is 5. The Morgan fingerprint density at radius 2 is 2.19 bits per heavy atom. The molecule has 144 valence electrons. The summed E-state index contributed by atoms with van der Waals surface area (Å²) in [5.41, 5.74) is 0.322. The first-order valence-electron chi connectivity index (χ1n) is 9.46. The number of carbonyl (C=O) groups is 2. The predicted molar refractivity (Wildman–Crippen MR) is 102 cm³/mol. The van der Waals surface area contributed by atoms with Gasteiger partial charge in [-0.15, -0.1) is 0 Å². The van der Waals surface area contributed by atoms with Gasteiger partial charge in [-0.05, 0) is 59.4 Å². The van der Waals surface area contributed by atoms with Gasteiger partial charge in [0.15, 0.2) is 0 Å². The average molecular weight is 361 g/mol. The summed E-state index contributed by atoms with van der Waals surface area (Å²) in [6.07, 6.45) is 5.90. The monoisotopic (exact) mass is 361 g/mol. The van der Waals surface area contributed by atoms with Gasteiger partial charge in [0.2, 0.25) is 6.41 Å². The summed E-state index contributed by atoms with van der Waals surface area (Å²) >= 11 is 0. The number of hydrogen-bond donors (Lipinski definition) is 0. The number of anilines is 1. The van der Waals surface area contributed by atoms with E-state index in [2.05, 4.69) is 4.98 Å². The van der Waals surface area contributed by atoms with Crippen molar-refractivity contribution in [3.8, 4) is 0 Å². The predicted octanol–water partition coefficient (Wildman–Crippen LogP) is 4.31. The largest absolute Gasteiger partial charge is 0.443 e. The Labute approximate surface area is 156 Å². The summed E-state index contributed by atoms with van der Waals surface area (Å²) in [5.74, 6) is 0.592. The van der Waals surface area contributed by atoms with Gasteiger partial charge in [-0.2, -0.15) is 0 Å². The molecule has 0 spiro atoms. The van der Waals surface area contributed by atoms with Crippen LogP contribution in [-0.2, 0) is 9.53 Å². The van der Waals surface area contributed by atoms with Gasteiger partial charge in [-0.3, -0.25) is 9.69 Å². The van der Waals surface area contributed by atoms with E-state index in [0.29, 0.717) is 5.82 Å². The molecule has 1 fully saturated rings. The van der Waals surface area contributed by atoms with E-state index in [9.17, 15) is 9.59 Å². The molecule has 2 heterocycles. The highest BCUT2D eigenvalue weighted by Gasteiger charge is 2.33. The lowest BCUT2D eigenvalue weighted by Gasteiger charge is -2.37. The standard InChI is InChI=1S/C20H31N3O3/c1-6-15(2)23(19(25)26-20(3,4)5)18-16(10-9-12-21-18)17-11-7-8-13-22(17)14-24/h9-10,12,14-15,17H,6-8,11,13H2,1-5H3/t15-,17+/m0/s1. The fraction of sp³-hybridized carbons (Fsp3) is 0.650. The van der Waals surface area contributed by atoms with E-state index in [4.69, 9.17) is 4.74 Å². The fourth-order valence-corrected chi connectivity index (χ4v) is 3.25. The van der Waals surface area contributed by atoms with Crippen LogP contribution in [0.2, 0.25) is 0 Å². The molecule has 0 unspecified atom stereocenters. The first-order valence-corrected chi connectivity index (χ1v) is 9.46. The minimum absolute atomic E-state index is 0.0565. The van der Waals surface area contributed by atoms with Gasteiger partial charge < -0.3 is 9.64 Å². The van der Waals surface area contributed by atoms with Crippen LogP contribution in [0.4, 0.5) is 10.6 Å². The van der Waals surface area contributed by atoms with Crippen molar-refractivity contribution >= 4 is 18.3 Å². The highest BCUT2D eigenvalue weighted by molar-refractivity contribution is 5.88. The molecular formula is C20H31N3O3. The van der Waals surface area contributed by atoms with Crippen molar-refractivity contribution in [3.05, 3.63) is 23.9 Å². The van der Waals surface area contributed by atoms with Crippen LogP contribution in [0.1, 0.15) is 71.9 Å². The Morgan fingerprint density at radius 1 is 1.46 bits per heavy atom. The second-order valence-corrected chi connectivity index (χ2v) is 7.88. The van der Waals surface area contributed by atoms with Crippen LogP contribution < -0.4 is 4.90 Å². The third-order valence-electron chi connectivity index (χ3n) is 4.71. The Balaban J connectivity index is 2.45. The third-order valence-corrected chi connectivity index (χ3v) is 4.71. The van der Waals surface area contributed by atoms with E-state index >= 15 is 0 Å². The minimum atomic E-state index is -0.586. The number of likely N-dealkylation sites (tertiary alicyclic amines) is 1. The second kappa shape index (κ2) is 8.52. The normalized spacial score (nSPS) is 19.0. The van der Waals surface area contributed by atoms with Crippen LogP contribution in [-0.4, -0.2) is 40.6 Å². The zero-order valence-corrected chi connectivity index (χ0v) is 16.6. The number of nitrogens with zero attached hydrogens (tertiary/aromatic N) is 3. The van der Waals surface area contributed by atoms with Crippen LogP contribution in [0, 0.1) is 0 Å². The van der Waals surface area contributed by atoms with Crippen molar-refractivity contribution in [2.75, 3.05) is 11.4 Å². The highest BCUT2D eigenvalue weighted by atomic mass is 16.6. The molecule has 1 aromatic heterocycles. The Kier molecular flexibility index (Phi) is 6.62. The number of aromatic nitrogens is 1. The summed E-state index contributed by atoms with van der Waals surface area (Å²) in [6.45, 7) is 10.3. The van der Waals surface area contributed by atoms with E-state index in [1.54, 1.807) is 11.1 Å². The van der Waals surface area contributed by atoms with Crippen LogP contribution in [0.3, 0.4) is 0 Å². The summed E-state index contributed by atoms with van der Waals surface area (Å²) in [5, 5.41) is 0. The van der Waals surface area contributed by atoms with E-state index in [1.165, 1.54) is 0 Å². The van der Waals surface area contributed by atoms with Gasteiger partial charge in [0, 0.05) is 24.3 Å². The summed E-state index contributed by atoms with van der Waals surface area (Å²) in [7, 11) is 0. The lowest BCUT2D eigenvalue weighted by molar-refractivity contribution is -0.121. The third kappa shape index (κ3) is 4.74. The molecule has 1 aliphatic heterocycles. The highest BCUT2D eigenvalue weighted by Crippen LogP contribution is 2.36. The molecule has 2 atom stereocenters. The summed E-state index contributed by atoms with van der Waals surface area (Å²) in [4.78, 5) is 32.4. The number of amides is 2. The molecule has 0 N–H and O–H groups in total. The van der Waals surface area contributed by atoms with Crippen LogP contribution >= 0.6 is 0 Å². The SMILES string of the molecule is CC[C@H](C)N(C(=O)OC(C)(C)C)c1ncccc1[C@H]1CCCCN1C=O. The average Bonchev–Trinajstić information content (AvgIpc) is 2.60. The van der Waals surface area contributed by atoms with Crippen LogP contribution in [0.25, 0.3) is 0 Å². The van der Waals surface area contributed by atoms with Crippen LogP contribution in [0.15, 0.2) is 18.3 Å². The lowest BCUT2D eigenvalue weighted by Crippen LogP contribution is -2.44. The number of carbonyl (C=O) groups excluding carboxylic acids is 2. The zero-order valence-electron chi connectivity index (χ0n) is 16.6. The van der Waals surface area contributed by atoms with E-state index in [0.717, 1.165) is 44.2 Å². The number of piperidine rings is 1. The second-order valence-electron chi connectivity index (χ2n) is 7.88. The molecule has 0 saturated carbocycles. The smallest absolute Gasteiger partial charge is 0.416 e. The summed E-state index contributed by atoms with van der Waals surface area (Å²) in [6, 6.07) is 3.71. The molecule has 1 aromatic rings. The minimum Gasteiger partial charge on any atom is -0.443 e. The van der Waals surface area contributed by atoms with E-state index < -0.39 is 11.7 Å². The molecule has 6 heteroatoms. The van der Waals surface area contributed by atoms with Crippen molar-refractivity contribution in [2.45, 2.75) is 78.0 Å². The maximum atomic E-state index is 12.9. The molecule has 26 heavy (non-hydrogen) atoms. The molecule has 2 rings (SSSR count). The Bertz CT molecular complexity index is 627. The molecule has 0 aromatic carbocycles. The van der Waals surface area contributed by atoms with Crippen molar-refractivity contribution in [1.29, 1.82) is 0 Å². The van der Waals surface area contributed by atoms with Gasteiger partial charge in [0.05, 0.1) is 6.04 Å². The van der Waals surface area contributed by atoms with Crippen LogP contribution in [0.5, 0.6) is 0 Å². The lowest BCUT2D eigenvalue weighted by atomic mass is 9.95. The maximum Gasteiger partial charge on any atom is 0.416 e. The van der Waals surface area contributed by atoms with Crippen molar-refractivity contribution in [1.82, 2.24) is 9.88 Å². The number of ether oxygens (including phenoxy) is 1. The van der Waals surface area contributed by atoms with Crippen molar-refractivity contribution in [3.63, 3.8) is 0 Å². The molecule has 0 aliphatic carbocycles.